The van der Waals surface area contributed by atoms with E-state index in [9.17, 15) is 0 Å². The van der Waals surface area contributed by atoms with Gasteiger partial charge in [0.25, 0.3) is 0 Å². The van der Waals surface area contributed by atoms with Gasteiger partial charge in [-0.15, -0.1) is 34.5 Å². The van der Waals surface area contributed by atoms with Gasteiger partial charge in [0.2, 0.25) is 0 Å². The minimum atomic E-state index is -1.21. The predicted molar refractivity (Wildman–Crippen MR) is 176 cm³/mol. The first kappa shape index (κ1) is 34.7. The van der Waals surface area contributed by atoms with E-state index >= 15 is 0 Å². The van der Waals surface area contributed by atoms with Gasteiger partial charge in [-0.05, 0) is 48.4 Å². The Bertz CT molecular complexity index is 1740. The summed E-state index contributed by atoms with van der Waals surface area (Å²) >= 11 is 0. The molecule has 8 rings (SSSR count). The van der Waals surface area contributed by atoms with Crippen LogP contribution in [-0.4, -0.2) is 20.7 Å². The zero-order valence-electron chi connectivity index (χ0n) is 25.9. The molecule has 5 aromatic rings. The van der Waals surface area contributed by atoms with Crippen LogP contribution in [0.3, 0.4) is 0 Å². The topological polar surface area (TPSA) is 4.93 Å². The molecule has 1 radical (unpaired) electrons. The minimum absolute atomic E-state index is 0. The van der Waals surface area contributed by atoms with E-state index in [2.05, 4.69) is 149 Å². The quantitative estimate of drug-likeness (QED) is 0.200. The molecule has 2 bridgehead atoms. The van der Waals surface area contributed by atoms with Crippen molar-refractivity contribution in [1.82, 2.24) is 4.57 Å². The molecular formula is C36H40Cl2NSi2Zr. The van der Waals surface area contributed by atoms with Gasteiger partial charge < -0.3 is 29.4 Å². The van der Waals surface area contributed by atoms with Gasteiger partial charge in [0.05, 0.1) is 16.1 Å². The normalized spacial score (nSPS) is 15.9. The summed E-state index contributed by atoms with van der Waals surface area (Å²) in [6.45, 7) is 18.9. The third-order valence-corrected chi connectivity index (χ3v) is 15.1. The minimum Gasteiger partial charge on any atom is -1.00 e. The summed E-state index contributed by atoms with van der Waals surface area (Å²) in [5.41, 5.74) is 12.2. The monoisotopic (exact) mass is 702 g/mol. The Kier molecular flexibility index (Phi) is 10.5. The number of para-hydroxylation sites is 1. The third-order valence-electron chi connectivity index (χ3n) is 8.93. The van der Waals surface area contributed by atoms with E-state index in [1.54, 1.807) is 16.3 Å². The summed E-state index contributed by atoms with van der Waals surface area (Å²) < 4.78 is 2.47. The van der Waals surface area contributed by atoms with E-state index in [0.717, 1.165) is 5.54 Å². The second kappa shape index (κ2) is 12.7. The zero-order valence-corrected chi connectivity index (χ0v) is 31.9. The number of aryl methyl sites for hydroxylation is 2. The van der Waals surface area contributed by atoms with E-state index in [1.165, 1.54) is 49.7 Å². The fourth-order valence-corrected chi connectivity index (χ4v) is 12.7. The Morgan fingerprint density at radius 3 is 2.02 bits per heavy atom. The zero-order chi connectivity index (χ0) is 27.7. The Hall–Kier alpha value is -1.81. The van der Waals surface area contributed by atoms with Gasteiger partial charge in [0, 0.05) is 22.6 Å². The Balaban J connectivity index is 0.000000215. The molecule has 0 fully saturated rings. The number of hydrogen-bond donors (Lipinski definition) is 0. The smallest absolute Gasteiger partial charge is 1.00 e. The molecule has 215 valence electrons. The van der Waals surface area contributed by atoms with Crippen molar-refractivity contribution in [2.24, 2.45) is 0 Å². The van der Waals surface area contributed by atoms with Crippen LogP contribution in [0.25, 0.3) is 32.8 Å². The van der Waals surface area contributed by atoms with Gasteiger partial charge in [-0.1, -0.05) is 105 Å². The molecule has 42 heavy (non-hydrogen) atoms. The van der Waals surface area contributed by atoms with Crippen LogP contribution in [0.15, 0.2) is 96.6 Å². The second-order valence-corrected chi connectivity index (χ2v) is 22.7. The van der Waals surface area contributed by atoms with Crippen LogP contribution in [-0.2, 0) is 26.2 Å². The SMILES string of the molecule is CC1=C2c3c(cc(C)n3-c3ccccc3)C1[Si]2(C)C.Cc1cc2c(-c3ccc([Si](C)(C)C)cc3)cccc2[cH-]1.[Cl-].[Cl-].[Zr+3]. The Morgan fingerprint density at radius 2 is 1.43 bits per heavy atom. The third kappa shape index (κ3) is 5.71. The fraction of sp³-hybridized carbons (Fsp3) is 0.250. The van der Waals surface area contributed by atoms with Gasteiger partial charge in [-0.25, -0.2) is 0 Å². The van der Waals surface area contributed by atoms with Gasteiger partial charge in [-0.2, -0.15) is 6.07 Å². The molecular weight excluding hydrogens is 665 g/mol. The maximum atomic E-state index is 2.52. The van der Waals surface area contributed by atoms with Crippen molar-refractivity contribution in [3.63, 3.8) is 0 Å². The number of allylic oxidation sites excluding steroid dienone is 1. The largest absolute Gasteiger partial charge is 3.00 e. The maximum Gasteiger partial charge on any atom is 3.00 e. The number of rotatable bonds is 3. The van der Waals surface area contributed by atoms with Crippen molar-refractivity contribution in [2.75, 3.05) is 0 Å². The molecule has 0 saturated carbocycles. The van der Waals surface area contributed by atoms with Crippen molar-refractivity contribution in [2.45, 2.75) is 59.0 Å². The van der Waals surface area contributed by atoms with Gasteiger partial charge >= 0.3 is 26.2 Å². The van der Waals surface area contributed by atoms with Crippen LogP contribution in [0.2, 0.25) is 32.7 Å². The van der Waals surface area contributed by atoms with Crippen molar-refractivity contribution in [1.29, 1.82) is 0 Å². The molecule has 0 saturated heterocycles. The summed E-state index contributed by atoms with van der Waals surface area (Å²) in [6.07, 6.45) is 0. The first-order chi connectivity index (χ1) is 18.5. The molecule has 0 amide bonds. The number of fused-ring (bicyclic) bond motifs is 1. The molecule has 0 spiro atoms. The maximum absolute atomic E-state index is 2.52. The molecule has 1 atom stereocenters. The average molecular weight is 705 g/mol. The Morgan fingerprint density at radius 1 is 0.786 bits per heavy atom. The van der Waals surface area contributed by atoms with E-state index in [1.807, 2.05) is 0 Å². The van der Waals surface area contributed by atoms with Crippen LogP contribution < -0.4 is 30.0 Å². The molecule has 0 N–H and O–H groups in total. The number of hydrogen-bond acceptors (Lipinski definition) is 0. The van der Waals surface area contributed by atoms with E-state index in [4.69, 9.17) is 0 Å². The molecule has 1 nitrogen and oxygen atoms in total. The van der Waals surface area contributed by atoms with Crippen LogP contribution in [0.1, 0.15) is 35.0 Å². The van der Waals surface area contributed by atoms with Crippen LogP contribution in [0, 0.1) is 13.8 Å². The van der Waals surface area contributed by atoms with Crippen molar-refractivity contribution in [3.8, 4) is 16.8 Å². The Labute approximate surface area is 285 Å². The van der Waals surface area contributed by atoms with E-state index in [0.29, 0.717) is 0 Å². The number of nitrogens with zero attached hydrogens (tertiary/aromatic N) is 1. The number of benzene rings is 3. The first-order valence-corrected chi connectivity index (χ1v) is 20.8. The molecule has 4 aromatic carbocycles. The number of halogens is 2. The van der Waals surface area contributed by atoms with Gasteiger partial charge in [0.1, 0.15) is 0 Å². The fourth-order valence-electron chi connectivity index (χ4n) is 7.21. The summed E-state index contributed by atoms with van der Waals surface area (Å²) in [7, 11) is -2.40. The first-order valence-electron chi connectivity index (χ1n) is 14.2. The summed E-state index contributed by atoms with van der Waals surface area (Å²) in [5.74, 6) is 0. The molecule has 1 aliphatic carbocycles. The molecule has 2 aliphatic heterocycles. The van der Waals surface area contributed by atoms with Gasteiger partial charge in [0.15, 0.2) is 0 Å². The van der Waals surface area contributed by atoms with E-state index in [-0.39, 0.29) is 51.0 Å². The molecule has 1 unspecified atom stereocenters. The van der Waals surface area contributed by atoms with Crippen LogP contribution in [0.4, 0.5) is 0 Å². The van der Waals surface area contributed by atoms with E-state index < -0.39 is 16.1 Å². The number of aromatic nitrogens is 1. The molecule has 3 heterocycles. The molecule has 3 aliphatic rings. The van der Waals surface area contributed by atoms with Crippen molar-refractivity contribution < 1.29 is 51.0 Å². The molecule has 6 heteroatoms. The standard InChI is InChI=1S/C19H21Si.C17H19NSi.2ClH.Zr/c1-14-12-16-6-5-7-18(19(16)13-14)15-8-10-17(11-9-15)20(2,3)4;1-11-10-14-15(17-12(2)16(14)19(17,3)4)18(11)13-8-6-5-7-9-13;;;/h5-13H,1-4H3;5-10,16H,1-4H3;2*1H;/q-1;;;;+3/p-2. The molecule has 1 aromatic heterocycles. The van der Waals surface area contributed by atoms with Crippen LogP contribution >= 0.6 is 0 Å². The van der Waals surface area contributed by atoms with Crippen LogP contribution in [0.5, 0.6) is 0 Å². The van der Waals surface area contributed by atoms with Gasteiger partial charge in [-0.3, -0.25) is 0 Å². The second-order valence-electron chi connectivity index (χ2n) is 13.1. The average Bonchev–Trinajstić information content (AvgIpc) is 3.57. The summed E-state index contributed by atoms with van der Waals surface area (Å²) in [5, 5.41) is 5.94. The predicted octanol–water partition coefficient (Wildman–Crippen LogP) is 3.54. The summed E-state index contributed by atoms with van der Waals surface area (Å²) in [4.78, 5) is 0. The van der Waals surface area contributed by atoms with Crippen molar-refractivity contribution in [3.05, 3.63) is 119 Å². The summed E-state index contributed by atoms with van der Waals surface area (Å²) in [6, 6.07) is 33.5. The van der Waals surface area contributed by atoms with Crippen molar-refractivity contribution >= 4 is 37.3 Å².